The molecule has 0 spiro atoms. The Balaban J connectivity index is 2.24. The Morgan fingerprint density at radius 1 is 1.62 bits per heavy atom. The van der Waals surface area contributed by atoms with E-state index in [1.807, 2.05) is 19.1 Å². The Bertz CT molecular complexity index is 296. The number of hydrogen-bond donors (Lipinski definition) is 2. The fraction of sp³-hybridized carbons (Fsp3) is 0.583. The smallest absolute Gasteiger partial charge is 0.220 e. The van der Waals surface area contributed by atoms with E-state index in [-0.39, 0.29) is 11.9 Å². The van der Waals surface area contributed by atoms with Crippen molar-refractivity contribution >= 4 is 5.91 Å². The second-order valence-corrected chi connectivity index (χ2v) is 3.83. The molecule has 4 heteroatoms. The lowest BCUT2D eigenvalue weighted by molar-refractivity contribution is -0.121. The van der Waals surface area contributed by atoms with Crippen molar-refractivity contribution in [2.45, 2.75) is 38.6 Å². The molecule has 1 aromatic rings. The maximum absolute atomic E-state index is 11.6. The lowest BCUT2D eigenvalue weighted by Crippen LogP contribution is -2.35. The minimum atomic E-state index is 0.0664. The Labute approximate surface area is 96.2 Å². The molecule has 1 amide bonds. The number of amides is 1. The molecule has 16 heavy (non-hydrogen) atoms. The first kappa shape index (κ1) is 12.8. The Kier molecular flexibility index (Phi) is 5.64. The van der Waals surface area contributed by atoms with Gasteiger partial charge in [0.25, 0.3) is 0 Å². The molecule has 0 aliphatic carbocycles. The van der Waals surface area contributed by atoms with E-state index in [0.717, 1.165) is 18.6 Å². The maximum atomic E-state index is 11.6. The third-order valence-corrected chi connectivity index (χ3v) is 2.55. The monoisotopic (exact) mass is 224 g/mol. The SMILES string of the molecule is CCC(CCN)NC(=O)CCc1ccco1. The van der Waals surface area contributed by atoms with Crippen LogP contribution >= 0.6 is 0 Å². The Hall–Kier alpha value is -1.29. The minimum absolute atomic E-state index is 0.0664. The average Bonchev–Trinajstić information content (AvgIpc) is 2.78. The van der Waals surface area contributed by atoms with Gasteiger partial charge in [0.05, 0.1) is 6.26 Å². The fourth-order valence-electron chi connectivity index (χ4n) is 1.57. The van der Waals surface area contributed by atoms with Crippen molar-refractivity contribution in [1.29, 1.82) is 0 Å². The van der Waals surface area contributed by atoms with Gasteiger partial charge in [0, 0.05) is 18.9 Å². The zero-order valence-electron chi connectivity index (χ0n) is 9.74. The van der Waals surface area contributed by atoms with Gasteiger partial charge < -0.3 is 15.5 Å². The molecule has 0 saturated carbocycles. The standard InChI is InChI=1S/C12H20N2O2/c1-2-10(7-8-13)14-12(15)6-5-11-4-3-9-16-11/h3-4,9-10H,2,5-8,13H2,1H3,(H,14,15). The van der Waals surface area contributed by atoms with E-state index < -0.39 is 0 Å². The van der Waals surface area contributed by atoms with Crippen molar-refractivity contribution in [3.05, 3.63) is 24.2 Å². The predicted octanol–water partition coefficient (Wildman–Crippen LogP) is 1.46. The molecule has 4 nitrogen and oxygen atoms in total. The van der Waals surface area contributed by atoms with Crippen LogP contribution in [-0.2, 0) is 11.2 Å². The van der Waals surface area contributed by atoms with Crippen LogP contribution in [0, 0.1) is 0 Å². The van der Waals surface area contributed by atoms with Gasteiger partial charge in [-0.1, -0.05) is 6.92 Å². The summed E-state index contributed by atoms with van der Waals surface area (Å²) in [5.74, 6) is 0.915. The van der Waals surface area contributed by atoms with E-state index in [0.29, 0.717) is 19.4 Å². The molecule has 0 aliphatic rings. The number of nitrogens with one attached hydrogen (secondary N) is 1. The summed E-state index contributed by atoms with van der Waals surface area (Å²) in [4.78, 5) is 11.6. The van der Waals surface area contributed by atoms with E-state index >= 15 is 0 Å². The zero-order chi connectivity index (χ0) is 11.8. The quantitative estimate of drug-likeness (QED) is 0.736. The molecule has 0 aliphatic heterocycles. The van der Waals surface area contributed by atoms with Crippen LogP contribution < -0.4 is 11.1 Å². The molecular formula is C12H20N2O2. The van der Waals surface area contributed by atoms with Crippen LogP contribution in [0.25, 0.3) is 0 Å². The van der Waals surface area contributed by atoms with Gasteiger partial charge in [-0.05, 0) is 31.5 Å². The molecule has 0 radical (unpaired) electrons. The predicted molar refractivity (Wildman–Crippen MR) is 62.9 cm³/mol. The second kappa shape index (κ2) is 7.06. The highest BCUT2D eigenvalue weighted by Crippen LogP contribution is 2.04. The van der Waals surface area contributed by atoms with Crippen molar-refractivity contribution in [2.24, 2.45) is 5.73 Å². The first-order valence-corrected chi connectivity index (χ1v) is 5.78. The maximum Gasteiger partial charge on any atom is 0.220 e. The molecule has 0 saturated heterocycles. The molecular weight excluding hydrogens is 204 g/mol. The number of carbonyl (C=O) groups excluding carboxylic acids is 1. The van der Waals surface area contributed by atoms with Crippen molar-refractivity contribution in [1.82, 2.24) is 5.32 Å². The summed E-state index contributed by atoms with van der Waals surface area (Å²) in [5.41, 5.74) is 5.47. The van der Waals surface area contributed by atoms with Crippen molar-refractivity contribution < 1.29 is 9.21 Å². The summed E-state index contributed by atoms with van der Waals surface area (Å²) in [7, 11) is 0. The molecule has 0 bridgehead atoms. The van der Waals surface area contributed by atoms with Crippen LogP contribution in [0.2, 0.25) is 0 Å². The molecule has 3 N–H and O–H groups in total. The topological polar surface area (TPSA) is 68.3 Å². The number of aryl methyl sites for hydroxylation is 1. The number of furan rings is 1. The first-order chi connectivity index (χ1) is 7.76. The summed E-state index contributed by atoms with van der Waals surface area (Å²) < 4.78 is 5.16. The van der Waals surface area contributed by atoms with Crippen LogP contribution in [0.4, 0.5) is 0 Å². The molecule has 0 fully saturated rings. The lowest BCUT2D eigenvalue weighted by Gasteiger charge is -2.15. The highest BCUT2D eigenvalue weighted by molar-refractivity contribution is 5.76. The van der Waals surface area contributed by atoms with Gasteiger partial charge in [0.2, 0.25) is 5.91 Å². The van der Waals surface area contributed by atoms with E-state index in [9.17, 15) is 4.79 Å². The number of rotatable bonds is 7. The van der Waals surface area contributed by atoms with Gasteiger partial charge in [-0.2, -0.15) is 0 Å². The fourth-order valence-corrected chi connectivity index (χ4v) is 1.57. The van der Waals surface area contributed by atoms with E-state index in [1.165, 1.54) is 0 Å². The van der Waals surface area contributed by atoms with Crippen molar-refractivity contribution in [2.75, 3.05) is 6.54 Å². The third kappa shape index (κ3) is 4.49. The molecule has 90 valence electrons. The van der Waals surface area contributed by atoms with Crippen LogP contribution in [0.15, 0.2) is 22.8 Å². The first-order valence-electron chi connectivity index (χ1n) is 5.78. The van der Waals surface area contributed by atoms with Gasteiger partial charge >= 0.3 is 0 Å². The van der Waals surface area contributed by atoms with E-state index in [4.69, 9.17) is 10.2 Å². The minimum Gasteiger partial charge on any atom is -0.469 e. The molecule has 0 aromatic carbocycles. The number of carbonyl (C=O) groups is 1. The van der Waals surface area contributed by atoms with Crippen LogP contribution in [0.5, 0.6) is 0 Å². The summed E-state index contributed by atoms with van der Waals surface area (Å²) in [6, 6.07) is 3.91. The van der Waals surface area contributed by atoms with Crippen molar-refractivity contribution in [3.63, 3.8) is 0 Å². The average molecular weight is 224 g/mol. The molecule has 1 rings (SSSR count). The number of hydrogen-bond acceptors (Lipinski definition) is 3. The highest BCUT2D eigenvalue weighted by atomic mass is 16.3. The van der Waals surface area contributed by atoms with Crippen LogP contribution in [0.3, 0.4) is 0 Å². The van der Waals surface area contributed by atoms with Gasteiger partial charge in [0.1, 0.15) is 5.76 Å². The number of nitrogens with two attached hydrogens (primary N) is 1. The molecule has 1 atom stereocenters. The molecule has 1 aromatic heterocycles. The normalized spacial score (nSPS) is 12.4. The summed E-state index contributed by atoms with van der Waals surface area (Å²) in [5, 5.41) is 2.97. The van der Waals surface area contributed by atoms with Gasteiger partial charge in [-0.25, -0.2) is 0 Å². The van der Waals surface area contributed by atoms with E-state index in [1.54, 1.807) is 6.26 Å². The Morgan fingerprint density at radius 2 is 2.44 bits per heavy atom. The second-order valence-electron chi connectivity index (χ2n) is 3.83. The lowest BCUT2D eigenvalue weighted by atomic mass is 10.1. The van der Waals surface area contributed by atoms with Gasteiger partial charge in [-0.3, -0.25) is 4.79 Å². The van der Waals surface area contributed by atoms with E-state index in [2.05, 4.69) is 5.32 Å². The molecule has 1 heterocycles. The van der Waals surface area contributed by atoms with Crippen LogP contribution in [-0.4, -0.2) is 18.5 Å². The third-order valence-electron chi connectivity index (χ3n) is 2.55. The molecule has 1 unspecified atom stereocenters. The zero-order valence-corrected chi connectivity index (χ0v) is 9.74. The summed E-state index contributed by atoms with van der Waals surface area (Å²) in [6.45, 7) is 2.66. The largest absolute Gasteiger partial charge is 0.469 e. The van der Waals surface area contributed by atoms with Crippen LogP contribution in [0.1, 0.15) is 31.9 Å². The van der Waals surface area contributed by atoms with Gasteiger partial charge in [-0.15, -0.1) is 0 Å². The summed E-state index contributed by atoms with van der Waals surface area (Å²) >= 11 is 0. The van der Waals surface area contributed by atoms with Crippen molar-refractivity contribution in [3.8, 4) is 0 Å². The summed E-state index contributed by atoms with van der Waals surface area (Å²) in [6.07, 6.45) is 4.50. The highest BCUT2D eigenvalue weighted by Gasteiger charge is 2.09. The Morgan fingerprint density at radius 3 is 3.00 bits per heavy atom. The van der Waals surface area contributed by atoms with Gasteiger partial charge in [0.15, 0.2) is 0 Å².